The van der Waals surface area contributed by atoms with Gasteiger partial charge >= 0.3 is 5.69 Å². The van der Waals surface area contributed by atoms with E-state index in [9.17, 15) is 15.2 Å². The minimum atomic E-state index is -0.600. The topological polar surface area (TPSA) is 93.2 Å². The normalized spacial score (nSPS) is 27.5. The minimum absolute atomic E-state index is 0.0508. The lowest BCUT2D eigenvalue weighted by atomic mass is 9.80. The lowest BCUT2D eigenvalue weighted by molar-refractivity contribution is -0.385. The molecular formula is C14H24N4O3. The lowest BCUT2D eigenvalue weighted by Crippen LogP contribution is -2.41. The second kappa shape index (κ2) is 7.00. The highest BCUT2D eigenvalue weighted by molar-refractivity contribution is 5.20. The zero-order valence-corrected chi connectivity index (χ0v) is 12.6. The SMILES string of the molecule is CC1CC(C)CC(NCC(O)Cn2cc([N+](=O)[O-])cn2)C1. The quantitative estimate of drug-likeness (QED) is 0.614. The number of aliphatic hydroxyl groups excluding tert-OH is 1. The van der Waals surface area contributed by atoms with Gasteiger partial charge in [-0.3, -0.25) is 14.8 Å². The van der Waals surface area contributed by atoms with Crippen molar-refractivity contribution in [1.29, 1.82) is 0 Å². The van der Waals surface area contributed by atoms with Crippen molar-refractivity contribution in [2.75, 3.05) is 6.54 Å². The average molecular weight is 296 g/mol. The Balaban J connectivity index is 1.76. The number of nitrogens with one attached hydrogen (secondary N) is 1. The second-order valence-electron chi connectivity index (χ2n) is 6.35. The van der Waals surface area contributed by atoms with E-state index in [1.807, 2.05) is 0 Å². The summed E-state index contributed by atoms with van der Waals surface area (Å²) in [6, 6.07) is 0.449. The van der Waals surface area contributed by atoms with Gasteiger partial charge in [-0.05, 0) is 31.1 Å². The zero-order chi connectivity index (χ0) is 15.4. The molecule has 0 spiro atoms. The minimum Gasteiger partial charge on any atom is -0.390 e. The molecule has 0 aliphatic heterocycles. The summed E-state index contributed by atoms with van der Waals surface area (Å²) in [6.45, 7) is 5.28. The van der Waals surface area contributed by atoms with Crippen molar-refractivity contribution in [2.45, 2.75) is 51.8 Å². The van der Waals surface area contributed by atoms with Crippen molar-refractivity contribution in [3.63, 3.8) is 0 Å². The van der Waals surface area contributed by atoms with E-state index in [-0.39, 0.29) is 12.2 Å². The summed E-state index contributed by atoms with van der Waals surface area (Å²) in [5.41, 5.74) is -0.0508. The fraction of sp³-hybridized carbons (Fsp3) is 0.786. The molecule has 7 heteroatoms. The van der Waals surface area contributed by atoms with Gasteiger partial charge in [0.2, 0.25) is 0 Å². The van der Waals surface area contributed by atoms with E-state index in [1.165, 1.54) is 23.5 Å². The van der Waals surface area contributed by atoms with E-state index in [2.05, 4.69) is 24.3 Å². The molecule has 0 amide bonds. The zero-order valence-electron chi connectivity index (χ0n) is 12.6. The fourth-order valence-corrected chi connectivity index (χ4v) is 3.24. The number of hydrogen-bond donors (Lipinski definition) is 2. The number of nitro groups is 1. The van der Waals surface area contributed by atoms with Crippen LogP contribution in [0, 0.1) is 22.0 Å². The largest absolute Gasteiger partial charge is 0.390 e. The van der Waals surface area contributed by atoms with Crippen molar-refractivity contribution >= 4 is 5.69 Å². The molecule has 0 radical (unpaired) electrons. The van der Waals surface area contributed by atoms with E-state index in [1.54, 1.807) is 0 Å². The van der Waals surface area contributed by atoms with Gasteiger partial charge < -0.3 is 10.4 Å². The molecule has 1 aliphatic carbocycles. The van der Waals surface area contributed by atoms with Crippen molar-refractivity contribution in [3.05, 3.63) is 22.5 Å². The van der Waals surface area contributed by atoms with Crippen LogP contribution in [0.5, 0.6) is 0 Å². The Kier molecular flexibility index (Phi) is 5.30. The standard InChI is InChI=1S/C14H24N4O3/c1-10-3-11(2)5-12(4-10)15-7-14(19)9-17-8-13(6-16-17)18(20)21/h6,8,10-12,14-15,19H,3-5,7,9H2,1-2H3. The van der Waals surface area contributed by atoms with Gasteiger partial charge in [-0.15, -0.1) is 0 Å². The second-order valence-corrected chi connectivity index (χ2v) is 6.35. The Morgan fingerprint density at radius 3 is 2.71 bits per heavy atom. The van der Waals surface area contributed by atoms with Crippen LogP contribution in [0.1, 0.15) is 33.1 Å². The molecule has 21 heavy (non-hydrogen) atoms. The number of nitrogens with zero attached hydrogens (tertiary/aromatic N) is 3. The number of aromatic nitrogens is 2. The lowest BCUT2D eigenvalue weighted by Gasteiger charge is -2.32. The Hall–Kier alpha value is -1.47. The fourth-order valence-electron chi connectivity index (χ4n) is 3.24. The van der Waals surface area contributed by atoms with Crippen LogP contribution in [0.3, 0.4) is 0 Å². The first-order valence-corrected chi connectivity index (χ1v) is 7.52. The predicted octanol–water partition coefficient (Wildman–Crippen LogP) is 1.57. The van der Waals surface area contributed by atoms with Gasteiger partial charge in [0.05, 0.1) is 17.6 Å². The molecule has 3 unspecified atom stereocenters. The van der Waals surface area contributed by atoms with Crippen LogP contribution in [0.15, 0.2) is 12.4 Å². The van der Waals surface area contributed by atoms with Crippen molar-refractivity contribution in [2.24, 2.45) is 11.8 Å². The van der Waals surface area contributed by atoms with E-state index in [4.69, 9.17) is 0 Å². The van der Waals surface area contributed by atoms with E-state index >= 15 is 0 Å². The molecule has 1 heterocycles. The molecule has 118 valence electrons. The molecule has 1 fully saturated rings. The predicted molar refractivity (Wildman–Crippen MR) is 78.9 cm³/mol. The van der Waals surface area contributed by atoms with Gasteiger partial charge in [0.1, 0.15) is 12.4 Å². The third kappa shape index (κ3) is 4.78. The Morgan fingerprint density at radius 1 is 1.48 bits per heavy atom. The molecule has 2 rings (SSSR count). The van der Waals surface area contributed by atoms with Crippen LogP contribution in [0.2, 0.25) is 0 Å². The summed E-state index contributed by atoms with van der Waals surface area (Å²) in [5, 5.41) is 27.9. The highest BCUT2D eigenvalue weighted by atomic mass is 16.6. The van der Waals surface area contributed by atoms with Crippen LogP contribution < -0.4 is 5.32 Å². The highest BCUT2D eigenvalue weighted by Crippen LogP contribution is 2.28. The average Bonchev–Trinajstić information content (AvgIpc) is 2.84. The molecule has 1 aliphatic rings. The number of hydrogen-bond acceptors (Lipinski definition) is 5. The van der Waals surface area contributed by atoms with Crippen LogP contribution in [0.4, 0.5) is 5.69 Å². The van der Waals surface area contributed by atoms with Gasteiger partial charge in [0.25, 0.3) is 0 Å². The summed E-state index contributed by atoms with van der Waals surface area (Å²) >= 11 is 0. The molecule has 0 aromatic carbocycles. The van der Waals surface area contributed by atoms with Gasteiger partial charge in [0.15, 0.2) is 0 Å². The van der Waals surface area contributed by atoms with Crippen LogP contribution in [0.25, 0.3) is 0 Å². The third-order valence-electron chi connectivity index (χ3n) is 4.05. The van der Waals surface area contributed by atoms with Gasteiger partial charge in [-0.25, -0.2) is 0 Å². The maximum absolute atomic E-state index is 10.6. The molecule has 0 saturated heterocycles. The number of aliphatic hydroxyl groups is 1. The van der Waals surface area contributed by atoms with Crippen LogP contribution in [-0.4, -0.2) is 38.5 Å². The monoisotopic (exact) mass is 296 g/mol. The smallest absolute Gasteiger partial charge is 0.306 e. The first kappa shape index (κ1) is 15.9. The molecule has 2 N–H and O–H groups in total. The summed E-state index contributed by atoms with van der Waals surface area (Å²) < 4.78 is 1.41. The Labute approximate surface area is 124 Å². The molecular weight excluding hydrogens is 272 g/mol. The van der Waals surface area contributed by atoms with Crippen LogP contribution in [-0.2, 0) is 6.54 Å². The Bertz CT molecular complexity index is 467. The molecule has 7 nitrogen and oxygen atoms in total. The third-order valence-corrected chi connectivity index (χ3v) is 4.05. The molecule has 1 aromatic rings. The maximum atomic E-state index is 10.6. The number of rotatable bonds is 6. The van der Waals surface area contributed by atoms with Gasteiger partial charge in [-0.2, -0.15) is 5.10 Å². The van der Waals surface area contributed by atoms with Crippen molar-refractivity contribution < 1.29 is 10.0 Å². The molecule has 3 atom stereocenters. The first-order valence-electron chi connectivity index (χ1n) is 7.52. The summed E-state index contributed by atoms with van der Waals surface area (Å²) in [6.07, 6.45) is 5.50. The van der Waals surface area contributed by atoms with Gasteiger partial charge in [-0.1, -0.05) is 13.8 Å². The Morgan fingerprint density at radius 2 is 2.14 bits per heavy atom. The summed E-state index contributed by atoms with van der Waals surface area (Å²) in [7, 11) is 0. The van der Waals surface area contributed by atoms with Crippen molar-refractivity contribution in [3.8, 4) is 0 Å². The van der Waals surface area contributed by atoms with E-state index in [0.29, 0.717) is 12.6 Å². The highest BCUT2D eigenvalue weighted by Gasteiger charge is 2.24. The molecule has 0 bridgehead atoms. The van der Waals surface area contributed by atoms with E-state index < -0.39 is 11.0 Å². The summed E-state index contributed by atoms with van der Waals surface area (Å²) in [5.74, 6) is 1.44. The van der Waals surface area contributed by atoms with Gasteiger partial charge in [0, 0.05) is 12.6 Å². The van der Waals surface area contributed by atoms with Crippen molar-refractivity contribution in [1.82, 2.24) is 15.1 Å². The maximum Gasteiger partial charge on any atom is 0.306 e. The molecule has 1 saturated carbocycles. The first-order chi connectivity index (χ1) is 9.94. The summed E-state index contributed by atoms with van der Waals surface area (Å²) in [4.78, 5) is 10.1. The van der Waals surface area contributed by atoms with E-state index in [0.717, 1.165) is 24.7 Å². The molecule has 1 aromatic heterocycles. The van der Waals surface area contributed by atoms with Crippen LogP contribution >= 0.6 is 0 Å².